The van der Waals surface area contributed by atoms with Crippen LogP contribution in [0.2, 0.25) is 5.02 Å². The number of aliphatic hydroxyl groups is 1. The highest BCUT2D eigenvalue weighted by atomic mass is 35.5. The molecule has 3 aromatic carbocycles. The van der Waals surface area contributed by atoms with Crippen molar-refractivity contribution in [3.63, 3.8) is 0 Å². The van der Waals surface area contributed by atoms with Crippen molar-refractivity contribution in [3.05, 3.63) is 139 Å². The highest BCUT2D eigenvalue weighted by Gasteiger charge is 2.45. The minimum absolute atomic E-state index is 0.0268. The van der Waals surface area contributed by atoms with Gasteiger partial charge >= 0.3 is 0 Å². The molecule has 0 unspecified atom stereocenters. The lowest BCUT2D eigenvalue weighted by molar-refractivity contribution is -0.143. The molecule has 0 radical (unpaired) electrons. The third-order valence-corrected chi connectivity index (χ3v) is 15.4. The highest BCUT2D eigenvalue weighted by molar-refractivity contribution is 7.15. The maximum absolute atomic E-state index is 14.3. The second kappa shape index (κ2) is 21.7. The number of likely N-dealkylation sites (tertiary alicyclic amines) is 1. The molecule has 2 aliphatic rings. The number of nitrogens with one attached hydrogen (secondary N) is 3. The van der Waals surface area contributed by atoms with Gasteiger partial charge in [0.1, 0.15) is 40.8 Å². The van der Waals surface area contributed by atoms with Gasteiger partial charge in [-0.15, -0.1) is 32.9 Å². The van der Waals surface area contributed by atoms with Crippen molar-refractivity contribution in [2.45, 2.75) is 112 Å². The van der Waals surface area contributed by atoms with Crippen molar-refractivity contribution < 1.29 is 29.0 Å². The molecule has 18 heteroatoms. The van der Waals surface area contributed by atoms with Gasteiger partial charge in [-0.2, -0.15) is 0 Å². The fourth-order valence-electron chi connectivity index (χ4n) is 8.98. The van der Waals surface area contributed by atoms with E-state index in [1.807, 2.05) is 113 Å². The monoisotopic (exact) mass is 1030 g/mol. The summed E-state index contributed by atoms with van der Waals surface area (Å²) in [5.41, 5.74) is 8.36. The first-order valence-corrected chi connectivity index (χ1v) is 26.0. The van der Waals surface area contributed by atoms with Crippen LogP contribution >= 0.6 is 34.3 Å². The Hall–Kier alpha value is -6.53. The van der Waals surface area contributed by atoms with Crippen LogP contribution in [-0.2, 0) is 19.2 Å². The molecular weight excluding hydrogens is 970 g/mol. The highest BCUT2D eigenvalue weighted by Crippen LogP contribution is 2.40. The molecule has 1 fully saturated rings. The number of aliphatic hydroxyl groups excluding tert-OH is 1. The van der Waals surface area contributed by atoms with E-state index < -0.39 is 47.6 Å². The number of aliphatic imine (C=N–C) groups is 1. The number of halogens is 1. The first-order chi connectivity index (χ1) is 34.2. The number of amides is 4. The predicted molar refractivity (Wildman–Crippen MR) is 283 cm³/mol. The van der Waals surface area contributed by atoms with Gasteiger partial charge in [-0.1, -0.05) is 80.9 Å². The summed E-state index contributed by atoms with van der Waals surface area (Å²) in [4.78, 5) is 68.4. The van der Waals surface area contributed by atoms with E-state index in [1.54, 1.807) is 46.9 Å². The van der Waals surface area contributed by atoms with Gasteiger partial charge in [0.25, 0.3) is 0 Å². The molecule has 15 nitrogen and oxygen atoms in total. The summed E-state index contributed by atoms with van der Waals surface area (Å²) < 4.78 is 8.22. The molecule has 0 spiro atoms. The number of hydrogen-bond donors (Lipinski definition) is 4. The third-order valence-electron chi connectivity index (χ3n) is 13.0. The minimum Gasteiger partial charge on any atom is -0.489 e. The summed E-state index contributed by atoms with van der Waals surface area (Å²) in [7, 11) is 0. The number of aryl methyl sites for hydroxylation is 3. The molecule has 4 N–H and O–H groups in total. The van der Waals surface area contributed by atoms with Gasteiger partial charge in [0.2, 0.25) is 23.6 Å². The van der Waals surface area contributed by atoms with E-state index in [0.29, 0.717) is 28.0 Å². The summed E-state index contributed by atoms with van der Waals surface area (Å²) in [5.74, 6) is 0.234. The van der Waals surface area contributed by atoms with Crippen molar-refractivity contribution in [1.29, 1.82) is 0 Å². The molecule has 3 aromatic heterocycles. The molecule has 72 heavy (non-hydrogen) atoms. The Bertz CT molecular complexity index is 3050. The number of ether oxygens (including phenoxy) is 1. The molecule has 2 aliphatic heterocycles. The second-order valence-corrected chi connectivity index (χ2v) is 22.1. The van der Waals surface area contributed by atoms with Crippen molar-refractivity contribution >= 4 is 69.7 Å². The molecule has 0 saturated carbocycles. The fraction of sp³-hybridized carbons (Fsp3) is 0.370. The largest absolute Gasteiger partial charge is 0.489 e. The molecule has 0 aliphatic carbocycles. The molecule has 4 amide bonds. The van der Waals surface area contributed by atoms with E-state index >= 15 is 0 Å². The zero-order valence-electron chi connectivity index (χ0n) is 41.8. The SMILES string of the molecule is Cc1ncsc1-c1ccc([C@H](C)NC(=O)[C@@H]2C[C@@H](O)CN2C(=O)[C@@H](NC(=O)/C=C/c2cccc(O[C@H](C)CNC(=O)C[C@@H]3N=C(c4ccc(Cl)cc4)c4c(sc(C)c4C)-n4c(C)nnc43)c2)C(C)(C)C)cc1. The Morgan fingerprint density at radius 1 is 0.958 bits per heavy atom. The Morgan fingerprint density at radius 2 is 1.68 bits per heavy atom. The topological polar surface area (TPSA) is 193 Å². The van der Waals surface area contributed by atoms with Crippen LogP contribution in [0.5, 0.6) is 5.75 Å². The quantitative estimate of drug-likeness (QED) is 0.0730. The lowest BCUT2D eigenvalue weighted by Crippen LogP contribution is -2.57. The van der Waals surface area contributed by atoms with Crippen LogP contribution in [-0.4, -0.2) is 96.5 Å². The maximum Gasteiger partial charge on any atom is 0.246 e. The zero-order valence-corrected chi connectivity index (χ0v) is 44.2. The number of nitrogens with zero attached hydrogens (tertiary/aromatic N) is 6. The summed E-state index contributed by atoms with van der Waals surface area (Å²) >= 11 is 9.49. The molecular formula is C54H60ClN9O6S2. The van der Waals surface area contributed by atoms with E-state index in [4.69, 9.17) is 21.3 Å². The van der Waals surface area contributed by atoms with Crippen LogP contribution in [0, 0.1) is 33.1 Å². The molecule has 8 rings (SSSR count). The smallest absolute Gasteiger partial charge is 0.246 e. The molecule has 5 heterocycles. The number of carbonyl (C=O) groups excluding carboxylic acids is 4. The van der Waals surface area contributed by atoms with Gasteiger partial charge in [0, 0.05) is 40.1 Å². The van der Waals surface area contributed by atoms with Crippen LogP contribution in [0.25, 0.3) is 21.5 Å². The van der Waals surface area contributed by atoms with E-state index in [2.05, 4.69) is 45.0 Å². The van der Waals surface area contributed by atoms with E-state index in [9.17, 15) is 24.3 Å². The van der Waals surface area contributed by atoms with E-state index in [1.165, 1.54) is 11.0 Å². The number of thiazole rings is 1. The standard InChI is InChI=1S/C54H60ClN9O6S2/c1-29(26-56-45(67)25-42-50-62-61-34(6)64(50)53-46(30(2)33(5)72-53)47(59-42)37-18-20-39(55)21-19-37)70-41-12-10-11-35(23-41)13-22-44(66)60-49(54(7,8)9)52(69)63-27-40(65)24-43(63)51(68)58-31(3)36-14-16-38(17-15-36)48-32(4)57-28-71-48/h10-23,28-29,31,40,42-43,49,65H,24-27H2,1-9H3,(H,56,67)(H,58,68)(H,60,66)/b22-13+/t29-,31+,40-,42+,43+,49-/m1/s1. The molecule has 6 aromatic rings. The number of hydrogen-bond acceptors (Lipinski definition) is 12. The van der Waals surface area contributed by atoms with Crippen molar-refractivity contribution in [3.8, 4) is 21.2 Å². The molecule has 0 bridgehead atoms. The van der Waals surface area contributed by atoms with Gasteiger partial charge in [0.15, 0.2) is 5.82 Å². The lowest BCUT2D eigenvalue weighted by Gasteiger charge is -2.35. The molecule has 1 saturated heterocycles. The number of thiophene rings is 1. The van der Waals surface area contributed by atoms with Gasteiger partial charge in [-0.25, -0.2) is 4.98 Å². The third kappa shape index (κ3) is 11.5. The Labute approximate surface area is 432 Å². The van der Waals surface area contributed by atoms with Crippen molar-refractivity contribution in [2.24, 2.45) is 10.4 Å². The van der Waals surface area contributed by atoms with Crippen LogP contribution < -0.4 is 20.7 Å². The summed E-state index contributed by atoms with van der Waals surface area (Å²) in [5, 5.41) is 30.1. The second-order valence-electron chi connectivity index (χ2n) is 19.6. The predicted octanol–water partition coefficient (Wildman–Crippen LogP) is 8.59. The zero-order chi connectivity index (χ0) is 51.6. The van der Waals surface area contributed by atoms with E-state index in [0.717, 1.165) is 54.0 Å². The first kappa shape index (κ1) is 51.8. The summed E-state index contributed by atoms with van der Waals surface area (Å²) in [6.07, 6.45) is 1.74. The number of carbonyl (C=O) groups is 4. The number of β-amino-alcohol motifs (C(OH)–C–C–N with tert-alkyl or cyclic N) is 1. The van der Waals surface area contributed by atoms with E-state index in [-0.39, 0.29) is 43.8 Å². The summed E-state index contributed by atoms with van der Waals surface area (Å²) in [6, 6.07) is 19.7. The average Bonchev–Trinajstić information content (AvgIpc) is 4.11. The van der Waals surface area contributed by atoms with Crippen LogP contribution in [0.1, 0.15) is 110 Å². The average molecular weight is 1030 g/mol. The number of benzene rings is 3. The fourth-order valence-corrected chi connectivity index (χ4v) is 11.1. The molecule has 376 valence electrons. The van der Waals surface area contributed by atoms with Gasteiger partial charge in [-0.05, 0) is 99.6 Å². The van der Waals surface area contributed by atoms with Gasteiger partial charge in [-0.3, -0.25) is 28.7 Å². The van der Waals surface area contributed by atoms with Gasteiger partial charge in [0.05, 0.1) is 46.9 Å². The molecule has 6 atom stereocenters. The summed E-state index contributed by atoms with van der Waals surface area (Å²) in [6.45, 7) is 17.4. The number of rotatable bonds is 15. The van der Waals surface area contributed by atoms with Gasteiger partial charge < -0.3 is 30.7 Å². The minimum atomic E-state index is -1.01. The Balaban J connectivity index is 0.868. The maximum atomic E-state index is 14.3. The number of fused-ring (bicyclic) bond motifs is 3. The first-order valence-electron chi connectivity index (χ1n) is 23.9. The Morgan fingerprint density at radius 3 is 2.38 bits per heavy atom. The van der Waals surface area contributed by atoms with Crippen LogP contribution in [0.4, 0.5) is 0 Å². The van der Waals surface area contributed by atoms with Crippen LogP contribution in [0.15, 0.2) is 89.4 Å². The normalized spacial score (nSPS) is 17.8. The van der Waals surface area contributed by atoms with Crippen LogP contribution in [0.3, 0.4) is 0 Å². The number of aromatic nitrogens is 4. The van der Waals surface area contributed by atoms with Crippen molar-refractivity contribution in [2.75, 3.05) is 13.1 Å². The lowest BCUT2D eigenvalue weighted by atomic mass is 9.85. The Kier molecular flexibility index (Phi) is 15.6. The van der Waals surface area contributed by atoms with Crippen molar-refractivity contribution in [1.82, 2.24) is 40.6 Å².